The van der Waals surface area contributed by atoms with Gasteiger partial charge < -0.3 is 19.9 Å². The molecule has 0 aliphatic carbocycles. The first kappa shape index (κ1) is 17.1. The van der Waals surface area contributed by atoms with Gasteiger partial charge in [-0.1, -0.05) is 24.3 Å². The van der Waals surface area contributed by atoms with Gasteiger partial charge in [0.2, 0.25) is 5.91 Å². The monoisotopic (exact) mass is 363 g/mol. The molecular weight excluding hydrogens is 342 g/mol. The van der Waals surface area contributed by atoms with E-state index in [1.54, 1.807) is 36.3 Å². The van der Waals surface area contributed by atoms with Crippen LogP contribution in [-0.4, -0.2) is 41.9 Å². The molecule has 138 valence electrons. The van der Waals surface area contributed by atoms with Crippen LogP contribution in [0.4, 0.5) is 0 Å². The van der Waals surface area contributed by atoms with Crippen molar-refractivity contribution in [3.8, 4) is 5.75 Å². The fraction of sp³-hybridized carbons (Fsp3) is 0.238. The molecular formula is C21H21N3O3. The largest absolute Gasteiger partial charge is 0.497 e. The van der Waals surface area contributed by atoms with Gasteiger partial charge in [0.05, 0.1) is 13.7 Å². The van der Waals surface area contributed by atoms with Gasteiger partial charge in [-0.15, -0.1) is 0 Å². The molecule has 2 aromatic carbocycles. The number of benzene rings is 2. The molecule has 27 heavy (non-hydrogen) atoms. The Labute approximate surface area is 157 Å². The highest BCUT2D eigenvalue weighted by atomic mass is 16.5. The summed E-state index contributed by atoms with van der Waals surface area (Å²) in [5.74, 6) is 0.242. The molecule has 2 N–H and O–H groups in total. The van der Waals surface area contributed by atoms with Gasteiger partial charge in [-0.25, -0.2) is 0 Å². The number of aromatic amines is 1. The number of carbonyl (C=O) groups excluding carboxylic acids is 2. The van der Waals surface area contributed by atoms with Crippen molar-refractivity contribution in [3.05, 3.63) is 65.4 Å². The summed E-state index contributed by atoms with van der Waals surface area (Å²) in [7, 11) is 1.55. The topological polar surface area (TPSA) is 74.4 Å². The second-order valence-electron chi connectivity index (χ2n) is 6.61. The zero-order valence-electron chi connectivity index (χ0n) is 15.1. The number of fused-ring (bicyclic) bond motifs is 3. The molecule has 0 radical (unpaired) electrons. The fourth-order valence-corrected chi connectivity index (χ4v) is 3.51. The molecule has 0 saturated carbocycles. The van der Waals surface area contributed by atoms with Crippen molar-refractivity contribution in [1.29, 1.82) is 0 Å². The summed E-state index contributed by atoms with van der Waals surface area (Å²) >= 11 is 0. The summed E-state index contributed by atoms with van der Waals surface area (Å²) in [5, 5.41) is 3.87. The van der Waals surface area contributed by atoms with Gasteiger partial charge in [-0.3, -0.25) is 9.59 Å². The van der Waals surface area contributed by atoms with Gasteiger partial charge in [-0.05, 0) is 24.3 Å². The third-order valence-corrected chi connectivity index (χ3v) is 4.97. The van der Waals surface area contributed by atoms with E-state index < -0.39 is 0 Å². The second kappa shape index (κ2) is 7.15. The molecule has 0 atom stereocenters. The SMILES string of the molecule is COc1cccc(C(=O)NCC(=O)N2CCc3[nH]c4ccccc4c3C2)c1. The molecule has 0 bridgehead atoms. The number of methoxy groups -OCH3 is 1. The Morgan fingerprint density at radius 1 is 1.19 bits per heavy atom. The van der Waals surface area contributed by atoms with Gasteiger partial charge >= 0.3 is 0 Å². The fourth-order valence-electron chi connectivity index (χ4n) is 3.51. The molecule has 2 amide bonds. The third-order valence-electron chi connectivity index (χ3n) is 4.97. The highest BCUT2D eigenvalue weighted by Gasteiger charge is 2.24. The number of ether oxygens (including phenoxy) is 1. The van der Waals surface area contributed by atoms with E-state index in [0.717, 1.165) is 17.3 Å². The zero-order chi connectivity index (χ0) is 18.8. The number of hydrogen-bond acceptors (Lipinski definition) is 3. The lowest BCUT2D eigenvalue weighted by Gasteiger charge is -2.27. The van der Waals surface area contributed by atoms with Crippen LogP contribution in [0.2, 0.25) is 0 Å². The van der Waals surface area contributed by atoms with Crippen LogP contribution in [-0.2, 0) is 17.8 Å². The molecule has 6 heteroatoms. The predicted octanol–water partition coefficient (Wildman–Crippen LogP) is 2.49. The van der Waals surface area contributed by atoms with E-state index in [-0.39, 0.29) is 18.4 Å². The Balaban J connectivity index is 1.41. The van der Waals surface area contributed by atoms with Crippen LogP contribution in [0.1, 0.15) is 21.6 Å². The highest BCUT2D eigenvalue weighted by molar-refractivity contribution is 5.97. The maximum absolute atomic E-state index is 12.6. The van der Waals surface area contributed by atoms with Crippen molar-refractivity contribution < 1.29 is 14.3 Å². The quantitative estimate of drug-likeness (QED) is 0.748. The van der Waals surface area contributed by atoms with Gasteiger partial charge in [0.25, 0.3) is 5.91 Å². The first-order valence-electron chi connectivity index (χ1n) is 8.94. The molecule has 6 nitrogen and oxygen atoms in total. The first-order chi connectivity index (χ1) is 13.2. The number of hydrogen-bond donors (Lipinski definition) is 2. The summed E-state index contributed by atoms with van der Waals surface area (Å²) < 4.78 is 5.13. The number of nitrogens with one attached hydrogen (secondary N) is 2. The zero-order valence-corrected chi connectivity index (χ0v) is 15.1. The molecule has 0 spiro atoms. The summed E-state index contributed by atoms with van der Waals surface area (Å²) in [4.78, 5) is 30.1. The molecule has 2 heterocycles. The minimum absolute atomic E-state index is 0.0201. The maximum atomic E-state index is 12.6. The number of carbonyl (C=O) groups is 2. The van der Waals surface area contributed by atoms with E-state index in [4.69, 9.17) is 4.74 Å². The molecule has 1 aliphatic heterocycles. The Kier molecular flexibility index (Phi) is 4.54. The van der Waals surface area contributed by atoms with Crippen LogP contribution >= 0.6 is 0 Å². The number of para-hydroxylation sites is 1. The standard InChI is InChI=1S/C21H21N3O3/c1-27-15-6-4-5-14(11-15)21(26)22-12-20(25)24-10-9-19-17(13-24)16-7-2-3-8-18(16)23-19/h2-8,11,23H,9-10,12-13H2,1H3,(H,22,26). The van der Waals surface area contributed by atoms with Crippen molar-refractivity contribution in [1.82, 2.24) is 15.2 Å². The molecule has 0 unspecified atom stereocenters. The predicted molar refractivity (Wildman–Crippen MR) is 103 cm³/mol. The van der Waals surface area contributed by atoms with E-state index in [0.29, 0.717) is 24.4 Å². The van der Waals surface area contributed by atoms with Crippen LogP contribution in [0.5, 0.6) is 5.75 Å². The van der Waals surface area contributed by atoms with Crippen LogP contribution in [0.25, 0.3) is 10.9 Å². The van der Waals surface area contributed by atoms with E-state index in [9.17, 15) is 9.59 Å². The normalized spacial score (nSPS) is 13.3. The number of amides is 2. The number of rotatable bonds is 4. The maximum Gasteiger partial charge on any atom is 0.251 e. The summed E-state index contributed by atoms with van der Waals surface area (Å²) in [6.45, 7) is 1.19. The molecule has 3 aromatic rings. The smallest absolute Gasteiger partial charge is 0.251 e. The van der Waals surface area contributed by atoms with Gasteiger partial charge in [0, 0.05) is 47.2 Å². The minimum atomic E-state index is -0.285. The lowest BCUT2D eigenvalue weighted by atomic mass is 10.0. The number of nitrogens with zero attached hydrogens (tertiary/aromatic N) is 1. The first-order valence-corrected chi connectivity index (χ1v) is 8.94. The summed E-state index contributed by atoms with van der Waals surface area (Å²) in [5.41, 5.74) is 3.94. The van der Waals surface area contributed by atoms with E-state index in [1.165, 1.54) is 11.3 Å². The van der Waals surface area contributed by atoms with Gasteiger partial charge in [0.15, 0.2) is 0 Å². The van der Waals surface area contributed by atoms with Crippen molar-refractivity contribution in [3.63, 3.8) is 0 Å². The minimum Gasteiger partial charge on any atom is -0.497 e. The lowest BCUT2D eigenvalue weighted by Crippen LogP contribution is -2.42. The number of H-pyrrole nitrogens is 1. The average Bonchev–Trinajstić information content (AvgIpc) is 3.09. The lowest BCUT2D eigenvalue weighted by molar-refractivity contribution is -0.131. The number of aromatic nitrogens is 1. The summed E-state index contributed by atoms with van der Waals surface area (Å²) in [6.07, 6.45) is 0.791. The van der Waals surface area contributed by atoms with Crippen molar-refractivity contribution in [2.45, 2.75) is 13.0 Å². The van der Waals surface area contributed by atoms with E-state index >= 15 is 0 Å². The molecule has 4 rings (SSSR count). The van der Waals surface area contributed by atoms with Crippen LogP contribution in [0.15, 0.2) is 48.5 Å². The summed E-state index contributed by atoms with van der Waals surface area (Å²) in [6, 6.07) is 15.0. The molecule has 0 fully saturated rings. The Hall–Kier alpha value is -3.28. The van der Waals surface area contributed by atoms with Crippen molar-refractivity contribution in [2.75, 3.05) is 20.2 Å². The van der Waals surface area contributed by atoms with Crippen molar-refractivity contribution in [2.24, 2.45) is 0 Å². The van der Waals surface area contributed by atoms with Gasteiger partial charge in [-0.2, -0.15) is 0 Å². The Bertz CT molecular complexity index is 1010. The molecule has 1 aliphatic rings. The Morgan fingerprint density at radius 2 is 2.04 bits per heavy atom. The Morgan fingerprint density at radius 3 is 2.89 bits per heavy atom. The van der Waals surface area contributed by atoms with E-state index in [1.807, 2.05) is 18.2 Å². The van der Waals surface area contributed by atoms with Crippen LogP contribution in [0, 0.1) is 0 Å². The highest BCUT2D eigenvalue weighted by Crippen LogP contribution is 2.27. The average molecular weight is 363 g/mol. The van der Waals surface area contributed by atoms with Crippen LogP contribution < -0.4 is 10.1 Å². The van der Waals surface area contributed by atoms with Gasteiger partial charge in [0.1, 0.15) is 5.75 Å². The van der Waals surface area contributed by atoms with Crippen molar-refractivity contribution >= 4 is 22.7 Å². The second-order valence-corrected chi connectivity index (χ2v) is 6.61. The van der Waals surface area contributed by atoms with Crippen LogP contribution in [0.3, 0.4) is 0 Å². The molecule has 0 saturated heterocycles. The molecule has 1 aromatic heterocycles. The van der Waals surface area contributed by atoms with E-state index in [2.05, 4.69) is 16.4 Å². The third kappa shape index (κ3) is 3.38.